The Balaban J connectivity index is 2.95. The van der Waals surface area contributed by atoms with Crippen molar-refractivity contribution in [1.29, 1.82) is 0 Å². The summed E-state index contributed by atoms with van der Waals surface area (Å²) in [7, 11) is 1.55. The van der Waals surface area contributed by atoms with E-state index in [1.807, 2.05) is 0 Å². The standard InChI is InChI=1S/C8H8FN3/c1-12-8(9)5-3-2-4-6(10)7(5)11-12/h2-4H,10H2,1H3. The lowest BCUT2D eigenvalue weighted by Gasteiger charge is -1.90. The van der Waals surface area contributed by atoms with E-state index >= 15 is 0 Å². The van der Waals surface area contributed by atoms with Crippen molar-refractivity contribution >= 4 is 16.6 Å². The molecule has 0 radical (unpaired) electrons. The molecule has 0 aliphatic heterocycles. The molecule has 0 spiro atoms. The third kappa shape index (κ3) is 0.777. The first-order valence-corrected chi connectivity index (χ1v) is 3.57. The summed E-state index contributed by atoms with van der Waals surface area (Å²) >= 11 is 0. The fraction of sp³-hybridized carbons (Fsp3) is 0.125. The predicted molar refractivity (Wildman–Crippen MR) is 45.1 cm³/mol. The van der Waals surface area contributed by atoms with Crippen LogP contribution in [0, 0.1) is 5.95 Å². The molecule has 2 aromatic rings. The lowest BCUT2D eigenvalue weighted by Crippen LogP contribution is -1.92. The van der Waals surface area contributed by atoms with Crippen LogP contribution in [-0.4, -0.2) is 9.78 Å². The van der Waals surface area contributed by atoms with Crippen LogP contribution in [0.2, 0.25) is 0 Å². The van der Waals surface area contributed by atoms with Gasteiger partial charge in [-0.2, -0.15) is 9.49 Å². The van der Waals surface area contributed by atoms with Gasteiger partial charge in [0.2, 0.25) is 5.95 Å². The Morgan fingerprint density at radius 3 is 2.92 bits per heavy atom. The van der Waals surface area contributed by atoms with Gasteiger partial charge in [0.1, 0.15) is 5.52 Å². The summed E-state index contributed by atoms with van der Waals surface area (Å²) in [6.45, 7) is 0. The Kier molecular flexibility index (Phi) is 1.30. The van der Waals surface area contributed by atoms with Crippen LogP contribution < -0.4 is 5.73 Å². The van der Waals surface area contributed by atoms with Gasteiger partial charge in [0, 0.05) is 7.05 Å². The minimum Gasteiger partial charge on any atom is -0.397 e. The second-order valence-electron chi connectivity index (χ2n) is 2.66. The zero-order valence-electron chi connectivity index (χ0n) is 6.58. The first-order chi connectivity index (χ1) is 5.70. The first kappa shape index (κ1) is 7.09. The Morgan fingerprint density at radius 2 is 2.25 bits per heavy atom. The summed E-state index contributed by atoms with van der Waals surface area (Å²) in [6, 6.07) is 5.07. The normalized spacial score (nSPS) is 10.8. The maximum atomic E-state index is 13.2. The number of aryl methyl sites for hydroxylation is 1. The molecule has 1 aromatic heterocycles. The number of rotatable bonds is 0. The number of fused-ring (bicyclic) bond motifs is 1. The molecule has 3 nitrogen and oxygen atoms in total. The van der Waals surface area contributed by atoms with E-state index in [0.717, 1.165) is 0 Å². The molecule has 0 amide bonds. The molecule has 4 heteroatoms. The quantitative estimate of drug-likeness (QED) is 0.598. The minimum absolute atomic E-state index is 0.350. The van der Waals surface area contributed by atoms with E-state index in [2.05, 4.69) is 5.10 Å². The maximum Gasteiger partial charge on any atom is 0.219 e. The van der Waals surface area contributed by atoms with Crippen LogP contribution in [0.15, 0.2) is 18.2 Å². The summed E-state index contributed by atoms with van der Waals surface area (Å²) in [4.78, 5) is 0. The molecule has 1 heterocycles. The third-order valence-electron chi connectivity index (χ3n) is 1.82. The molecule has 0 atom stereocenters. The van der Waals surface area contributed by atoms with Crippen molar-refractivity contribution < 1.29 is 4.39 Å². The van der Waals surface area contributed by atoms with Gasteiger partial charge in [0.05, 0.1) is 11.1 Å². The second-order valence-corrected chi connectivity index (χ2v) is 2.66. The fourth-order valence-corrected chi connectivity index (χ4v) is 1.21. The van der Waals surface area contributed by atoms with Gasteiger partial charge in [0.15, 0.2) is 0 Å². The van der Waals surface area contributed by atoms with Crippen molar-refractivity contribution in [3.63, 3.8) is 0 Å². The average molecular weight is 165 g/mol. The van der Waals surface area contributed by atoms with Crippen LogP contribution in [0.1, 0.15) is 0 Å². The van der Waals surface area contributed by atoms with Crippen molar-refractivity contribution in [3.8, 4) is 0 Å². The highest BCUT2D eigenvalue weighted by Crippen LogP contribution is 2.21. The fourth-order valence-electron chi connectivity index (χ4n) is 1.21. The second kappa shape index (κ2) is 2.20. The molecule has 0 aliphatic carbocycles. The third-order valence-corrected chi connectivity index (χ3v) is 1.82. The monoisotopic (exact) mass is 165 g/mol. The molecule has 0 fully saturated rings. The number of aromatic nitrogens is 2. The van der Waals surface area contributed by atoms with E-state index < -0.39 is 0 Å². The zero-order valence-corrected chi connectivity index (χ0v) is 6.58. The lowest BCUT2D eigenvalue weighted by molar-refractivity contribution is 0.512. The first-order valence-electron chi connectivity index (χ1n) is 3.57. The molecule has 0 bridgehead atoms. The molecular formula is C8H8FN3. The van der Waals surface area contributed by atoms with Crippen LogP contribution in [0.25, 0.3) is 10.9 Å². The number of nitrogens with zero attached hydrogens (tertiary/aromatic N) is 2. The maximum absolute atomic E-state index is 13.2. The average Bonchev–Trinajstić information content (AvgIpc) is 2.32. The highest BCUT2D eigenvalue weighted by molar-refractivity contribution is 5.89. The molecule has 62 valence electrons. The predicted octanol–water partition coefficient (Wildman–Crippen LogP) is 1.29. The summed E-state index contributed by atoms with van der Waals surface area (Å²) in [5, 5.41) is 4.40. The molecule has 2 N–H and O–H groups in total. The number of halogens is 1. The SMILES string of the molecule is Cn1nc2c(N)cccc2c1F. The molecule has 0 aliphatic rings. The van der Waals surface area contributed by atoms with Crippen LogP contribution in [-0.2, 0) is 7.05 Å². The van der Waals surface area contributed by atoms with Gasteiger partial charge < -0.3 is 5.73 Å². The summed E-state index contributed by atoms with van der Waals surface area (Å²) < 4.78 is 14.4. The Bertz CT molecular complexity index is 433. The van der Waals surface area contributed by atoms with E-state index in [-0.39, 0.29) is 5.95 Å². The van der Waals surface area contributed by atoms with Crippen molar-refractivity contribution in [2.45, 2.75) is 0 Å². The van der Waals surface area contributed by atoms with E-state index in [9.17, 15) is 4.39 Å². The molecule has 0 unspecified atom stereocenters. The molecule has 0 saturated carbocycles. The summed E-state index contributed by atoms with van der Waals surface area (Å²) in [6.07, 6.45) is 0. The van der Waals surface area contributed by atoms with Crippen LogP contribution in [0.3, 0.4) is 0 Å². The minimum atomic E-state index is -0.350. The lowest BCUT2D eigenvalue weighted by atomic mass is 10.2. The number of nitrogens with two attached hydrogens (primary N) is 1. The number of benzene rings is 1. The molecule has 2 rings (SSSR count). The largest absolute Gasteiger partial charge is 0.397 e. The van der Waals surface area contributed by atoms with E-state index in [1.54, 1.807) is 25.2 Å². The van der Waals surface area contributed by atoms with E-state index in [1.165, 1.54) is 4.68 Å². The Morgan fingerprint density at radius 1 is 1.50 bits per heavy atom. The summed E-state index contributed by atoms with van der Waals surface area (Å²) in [5.74, 6) is -0.350. The number of hydrogen-bond donors (Lipinski definition) is 1. The molecular weight excluding hydrogens is 157 g/mol. The van der Waals surface area contributed by atoms with Gasteiger partial charge in [-0.05, 0) is 12.1 Å². The smallest absolute Gasteiger partial charge is 0.219 e. The van der Waals surface area contributed by atoms with Crippen molar-refractivity contribution in [2.24, 2.45) is 7.05 Å². The van der Waals surface area contributed by atoms with Gasteiger partial charge >= 0.3 is 0 Å². The van der Waals surface area contributed by atoms with E-state index in [0.29, 0.717) is 16.6 Å². The number of hydrogen-bond acceptors (Lipinski definition) is 2. The van der Waals surface area contributed by atoms with Crippen LogP contribution in [0.4, 0.5) is 10.1 Å². The van der Waals surface area contributed by atoms with Gasteiger partial charge in [0.25, 0.3) is 0 Å². The topological polar surface area (TPSA) is 43.8 Å². The highest BCUT2D eigenvalue weighted by Gasteiger charge is 2.08. The summed E-state index contributed by atoms with van der Waals surface area (Å²) in [5.41, 5.74) is 6.63. The number of anilines is 1. The molecule has 0 saturated heterocycles. The zero-order chi connectivity index (χ0) is 8.72. The van der Waals surface area contributed by atoms with E-state index in [4.69, 9.17) is 5.73 Å². The molecule has 12 heavy (non-hydrogen) atoms. The molecule has 1 aromatic carbocycles. The van der Waals surface area contributed by atoms with Crippen molar-refractivity contribution in [2.75, 3.05) is 5.73 Å². The van der Waals surface area contributed by atoms with Gasteiger partial charge in [-0.1, -0.05) is 6.07 Å². The Hall–Kier alpha value is -1.58. The Labute approximate surface area is 68.6 Å². The van der Waals surface area contributed by atoms with Gasteiger partial charge in [-0.3, -0.25) is 0 Å². The van der Waals surface area contributed by atoms with Crippen LogP contribution >= 0.6 is 0 Å². The van der Waals surface area contributed by atoms with Crippen LogP contribution in [0.5, 0.6) is 0 Å². The van der Waals surface area contributed by atoms with Gasteiger partial charge in [-0.25, -0.2) is 4.68 Å². The van der Waals surface area contributed by atoms with Crippen molar-refractivity contribution in [3.05, 3.63) is 24.1 Å². The number of nitrogen functional groups attached to an aromatic ring is 1. The van der Waals surface area contributed by atoms with Crippen molar-refractivity contribution in [1.82, 2.24) is 9.78 Å². The van der Waals surface area contributed by atoms with Gasteiger partial charge in [-0.15, -0.1) is 0 Å². The highest BCUT2D eigenvalue weighted by atomic mass is 19.1.